The summed E-state index contributed by atoms with van der Waals surface area (Å²) in [4.78, 5) is 37.1. The van der Waals surface area contributed by atoms with Crippen molar-refractivity contribution in [2.45, 2.75) is 39.5 Å². The number of hydrogen-bond acceptors (Lipinski definition) is 4. The number of Topliss-reactive ketones (excluding diaryl/α,β-unsaturated/α-hetero) is 2. The summed E-state index contributed by atoms with van der Waals surface area (Å²) in [6.07, 6.45) is 3.27. The maximum atomic E-state index is 12.5. The molecule has 0 amide bonds. The van der Waals surface area contributed by atoms with Crippen LogP contribution in [0.3, 0.4) is 0 Å². The van der Waals surface area contributed by atoms with Crippen LogP contribution in [0.1, 0.15) is 39.5 Å². The van der Waals surface area contributed by atoms with Crippen molar-refractivity contribution in [2.75, 3.05) is 6.61 Å². The van der Waals surface area contributed by atoms with Crippen LogP contribution in [0.2, 0.25) is 0 Å². The number of fused-ring (bicyclic) bond motifs is 1. The van der Waals surface area contributed by atoms with Gasteiger partial charge in [0.05, 0.1) is 12.0 Å². The van der Waals surface area contributed by atoms with Gasteiger partial charge in [0, 0.05) is 17.8 Å². The molecule has 19 heavy (non-hydrogen) atoms. The van der Waals surface area contributed by atoms with E-state index in [0.29, 0.717) is 13.0 Å². The van der Waals surface area contributed by atoms with Crippen LogP contribution in [0.15, 0.2) is 0 Å². The second kappa shape index (κ2) is 4.15. The largest absolute Gasteiger partial charge is 0.466 e. The predicted molar refractivity (Wildman–Crippen MR) is 67.2 cm³/mol. The summed E-state index contributed by atoms with van der Waals surface area (Å²) >= 11 is 0. The minimum atomic E-state index is -0.829. The lowest BCUT2D eigenvalue weighted by molar-refractivity contribution is -0.163. The number of esters is 1. The quantitative estimate of drug-likeness (QED) is 0.729. The van der Waals surface area contributed by atoms with Gasteiger partial charge in [0.2, 0.25) is 0 Å². The molecule has 0 aromatic carbocycles. The molecule has 0 heterocycles. The zero-order valence-corrected chi connectivity index (χ0v) is 11.5. The van der Waals surface area contributed by atoms with Crippen LogP contribution in [0.5, 0.6) is 0 Å². The first kappa shape index (κ1) is 12.8. The lowest BCUT2D eigenvalue weighted by Gasteiger charge is -2.31. The van der Waals surface area contributed by atoms with Crippen LogP contribution < -0.4 is 0 Å². The van der Waals surface area contributed by atoms with Gasteiger partial charge >= 0.3 is 5.97 Å². The van der Waals surface area contributed by atoms with Crippen LogP contribution in [0.4, 0.5) is 0 Å². The Bertz CT molecular complexity index is 455. The lowest BCUT2D eigenvalue weighted by Crippen LogP contribution is -2.42. The minimum absolute atomic E-state index is 0.0172. The van der Waals surface area contributed by atoms with Gasteiger partial charge in [-0.2, -0.15) is 0 Å². The van der Waals surface area contributed by atoms with Crippen LogP contribution in [0.25, 0.3) is 0 Å². The van der Waals surface area contributed by atoms with E-state index in [0.717, 1.165) is 19.3 Å². The summed E-state index contributed by atoms with van der Waals surface area (Å²) in [6.45, 7) is 3.60. The molecule has 3 saturated carbocycles. The van der Waals surface area contributed by atoms with E-state index in [2.05, 4.69) is 0 Å². The van der Waals surface area contributed by atoms with Crippen LogP contribution in [-0.4, -0.2) is 24.1 Å². The molecule has 0 spiro atoms. The molecular formula is C15H20O4. The molecule has 1 unspecified atom stereocenters. The van der Waals surface area contributed by atoms with Crippen molar-refractivity contribution >= 4 is 17.5 Å². The van der Waals surface area contributed by atoms with Crippen molar-refractivity contribution in [1.82, 2.24) is 0 Å². The van der Waals surface area contributed by atoms with Crippen LogP contribution >= 0.6 is 0 Å². The highest BCUT2D eigenvalue weighted by atomic mass is 16.5. The van der Waals surface area contributed by atoms with Gasteiger partial charge in [-0.1, -0.05) is 0 Å². The van der Waals surface area contributed by atoms with Gasteiger partial charge in [0.15, 0.2) is 0 Å². The normalized spacial score (nSPS) is 43.4. The van der Waals surface area contributed by atoms with Crippen LogP contribution in [-0.2, 0) is 19.1 Å². The van der Waals surface area contributed by atoms with Gasteiger partial charge in [-0.15, -0.1) is 0 Å². The molecule has 5 atom stereocenters. The molecular weight excluding hydrogens is 244 g/mol. The first-order valence-corrected chi connectivity index (χ1v) is 7.25. The standard InChI is InChI=1S/C15H20O4/c1-3-19-14(18)15-7-6-9-4-5-10(11(15)8(2)16)13(17)12(9)15/h9-12H,3-7H2,1-2H3/t9?,10-,11+,12+,15-/m0/s1. The fraction of sp³-hybridized carbons (Fsp3) is 0.800. The summed E-state index contributed by atoms with van der Waals surface area (Å²) < 4.78 is 5.24. The van der Waals surface area contributed by atoms with Gasteiger partial charge in [-0.05, 0) is 45.4 Å². The Morgan fingerprint density at radius 1 is 1.32 bits per heavy atom. The van der Waals surface area contributed by atoms with E-state index < -0.39 is 11.3 Å². The SMILES string of the molecule is CCOC(=O)[C@]12CCC3CC[C@H](C(=O)[C@@H]31)[C@H]2C(C)=O. The Balaban J connectivity index is 2.10. The average Bonchev–Trinajstić information content (AvgIpc) is 2.76. The van der Waals surface area contributed by atoms with Crippen molar-refractivity contribution in [2.24, 2.45) is 29.1 Å². The number of ether oxygens (including phenoxy) is 1. The zero-order chi connectivity index (χ0) is 13.8. The molecule has 0 N–H and O–H groups in total. The summed E-state index contributed by atoms with van der Waals surface area (Å²) in [5.74, 6) is -0.796. The minimum Gasteiger partial charge on any atom is -0.466 e. The Morgan fingerprint density at radius 3 is 2.68 bits per heavy atom. The second-order valence-electron chi connectivity index (χ2n) is 6.21. The Labute approximate surface area is 112 Å². The molecule has 4 heteroatoms. The third-order valence-corrected chi connectivity index (χ3v) is 5.53. The topological polar surface area (TPSA) is 60.4 Å². The Morgan fingerprint density at radius 2 is 2.05 bits per heavy atom. The van der Waals surface area contributed by atoms with Crippen molar-refractivity contribution in [3.63, 3.8) is 0 Å². The zero-order valence-electron chi connectivity index (χ0n) is 11.5. The lowest BCUT2D eigenvalue weighted by atomic mass is 9.70. The van der Waals surface area contributed by atoms with E-state index in [-0.39, 0.29) is 35.3 Å². The molecule has 3 rings (SSSR count). The monoisotopic (exact) mass is 264 g/mol. The number of carbonyl (C=O) groups excluding carboxylic acids is 3. The van der Waals surface area contributed by atoms with Crippen molar-refractivity contribution in [3.05, 3.63) is 0 Å². The Hall–Kier alpha value is -1.19. The summed E-state index contributed by atoms with van der Waals surface area (Å²) in [5.41, 5.74) is -0.829. The molecule has 0 radical (unpaired) electrons. The number of ketones is 2. The first-order valence-electron chi connectivity index (χ1n) is 7.25. The molecule has 0 aromatic heterocycles. The highest BCUT2D eigenvalue weighted by molar-refractivity contribution is 6.03. The number of rotatable bonds is 3. The highest BCUT2D eigenvalue weighted by Gasteiger charge is 2.71. The van der Waals surface area contributed by atoms with Gasteiger partial charge in [0.1, 0.15) is 11.6 Å². The van der Waals surface area contributed by atoms with Gasteiger partial charge in [-0.3, -0.25) is 14.4 Å². The molecule has 0 saturated heterocycles. The Kier molecular flexibility index (Phi) is 2.80. The van der Waals surface area contributed by atoms with E-state index >= 15 is 0 Å². The maximum Gasteiger partial charge on any atom is 0.313 e. The van der Waals surface area contributed by atoms with Gasteiger partial charge in [-0.25, -0.2) is 0 Å². The van der Waals surface area contributed by atoms with E-state index in [1.54, 1.807) is 6.92 Å². The molecule has 2 bridgehead atoms. The summed E-state index contributed by atoms with van der Waals surface area (Å²) in [7, 11) is 0. The van der Waals surface area contributed by atoms with E-state index in [9.17, 15) is 14.4 Å². The molecule has 0 aromatic rings. The molecule has 3 aliphatic carbocycles. The first-order chi connectivity index (χ1) is 9.04. The van der Waals surface area contributed by atoms with Crippen molar-refractivity contribution in [1.29, 1.82) is 0 Å². The number of hydrogen-bond donors (Lipinski definition) is 0. The smallest absolute Gasteiger partial charge is 0.313 e. The third kappa shape index (κ3) is 1.43. The molecule has 4 nitrogen and oxygen atoms in total. The average molecular weight is 264 g/mol. The van der Waals surface area contributed by atoms with Gasteiger partial charge in [0.25, 0.3) is 0 Å². The molecule has 3 fully saturated rings. The summed E-state index contributed by atoms with van der Waals surface area (Å²) in [5, 5.41) is 0. The fourth-order valence-electron chi connectivity index (χ4n) is 5.04. The second-order valence-corrected chi connectivity index (χ2v) is 6.21. The fourth-order valence-corrected chi connectivity index (χ4v) is 5.04. The van der Waals surface area contributed by atoms with E-state index in [1.165, 1.54) is 6.92 Å². The summed E-state index contributed by atoms with van der Waals surface area (Å²) in [6, 6.07) is 0. The molecule has 3 aliphatic rings. The third-order valence-electron chi connectivity index (χ3n) is 5.53. The van der Waals surface area contributed by atoms with Crippen molar-refractivity contribution in [3.8, 4) is 0 Å². The highest BCUT2D eigenvalue weighted by Crippen LogP contribution is 2.65. The van der Waals surface area contributed by atoms with Gasteiger partial charge < -0.3 is 4.74 Å². The van der Waals surface area contributed by atoms with Crippen LogP contribution in [0, 0.1) is 29.1 Å². The van der Waals surface area contributed by atoms with Crippen molar-refractivity contribution < 1.29 is 19.1 Å². The van der Waals surface area contributed by atoms with E-state index in [4.69, 9.17) is 4.74 Å². The number of carbonyl (C=O) groups is 3. The predicted octanol–water partition coefficient (Wildman–Crippen LogP) is 1.76. The molecule has 0 aliphatic heterocycles. The molecule has 104 valence electrons. The van der Waals surface area contributed by atoms with E-state index in [1.807, 2.05) is 0 Å². The maximum absolute atomic E-state index is 12.5.